The number of nitrogens with one attached hydrogen (secondary N) is 2. The van der Waals surface area contributed by atoms with Crippen molar-refractivity contribution in [2.24, 2.45) is 4.99 Å². The van der Waals surface area contributed by atoms with Gasteiger partial charge in [-0.25, -0.2) is 0 Å². The minimum absolute atomic E-state index is 0. The average molecular weight is 414 g/mol. The molecule has 3 nitrogen and oxygen atoms in total. The van der Waals surface area contributed by atoms with Crippen LogP contribution in [0.1, 0.15) is 16.7 Å². The van der Waals surface area contributed by atoms with Gasteiger partial charge in [0.15, 0.2) is 5.96 Å². The second kappa shape index (κ2) is 9.61. The summed E-state index contributed by atoms with van der Waals surface area (Å²) in [5.74, 6) is 0.748. The van der Waals surface area contributed by atoms with Gasteiger partial charge in [0.2, 0.25) is 0 Å². The molecule has 0 amide bonds. The van der Waals surface area contributed by atoms with Crippen molar-refractivity contribution in [2.45, 2.75) is 26.3 Å². The molecule has 1 aromatic heterocycles. The van der Waals surface area contributed by atoms with Crippen molar-refractivity contribution in [1.82, 2.24) is 10.6 Å². The van der Waals surface area contributed by atoms with Crippen LogP contribution in [-0.2, 0) is 6.42 Å². The SMILES string of the molecule is C=C(Cl)CNC(=NC)NC(C)Cc1ccc(C)s1.I. The van der Waals surface area contributed by atoms with Gasteiger partial charge in [0.1, 0.15) is 0 Å². The van der Waals surface area contributed by atoms with Crippen LogP contribution in [-0.4, -0.2) is 25.6 Å². The van der Waals surface area contributed by atoms with Gasteiger partial charge in [-0.1, -0.05) is 18.2 Å². The highest BCUT2D eigenvalue weighted by Gasteiger charge is 2.07. The van der Waals surface area contributed by atoms with Crippen LogP contribution in [0.15, 0.2) is 28.7 Å². The van der Waals surface area contributed by atoms with Crippen molar-refractivity contribution in [3.63, 3.8) is 0 Å². The van der Waals surface area contributed by atoms with Gasteiger partial charge in [-0.15, -0.1) is 35.3 Å². The predicted molar refractivity (Wildman–Crippen MR) is 97.1 cm³/mol. The van der Waals surface area contributed by atoms with E-state index in [1.807, 2.05) is 11.3 Å². The molecule has 1 heterocycles. The molecule has 0 saturated heterocycles. The molecule has 0 aliphatic rings. The quantitative estimate of drug-likeness (QED) is 0.440. The molecular weight excluding hydrogens is 393 g/mol. The van der Waals surface area contributed by atoms with Crippen LogP contribution in [0.3, 0.4) is 0 Å². The summed E-state index contributed by atoms with van der Waals surface area (Å²) < 4.78 is 0. The third-order valence-electron chi connectivity index (χ3n) is 2.36. The number of hydrogen-bond acceptors (Lipinski definition) is 2. The molecule has 1 rings (SSSR count). The fraction of sp³-hybridized carbons (Fsp3) is 0.462. The lowest BCUT2D eigenvalue weighted by molar-refractivity contribution is 0.650. The Kier molecular flexibility index (Phi) is 9.47. The van der Waals surface area contributed by atoms with Gasteiger partial charge in [0.05, 0.1) is 6.54 Å². The topological polar surface area (TPSA) is 36.4 Å². The highest BCUT2D eigenvalue weighted by atomic mass is 127. The molecular formula is C13H21ClIN3S. The smallest absolute Gasteiger partial charge is 0.191 e. The molecule has 0 fully saturated rings. The number of guanidine groups is 1. The Labute approximate surface area is 141 Å². The molecule has 6 heteroatoms. The zero-order valence-electron chi connectivity index (χ0n) is 11.5. The highest BCUT2D eigenvalue weighted by Crippen LogP contribution is 2.16. The van der Waals surface area contributed by atoms with Gasteiger partial charge in [0, 0.05) is 34.3 Å². The number of rotatable bonds is 5. The van der Waals surface area contributed by atoms with Crippen LogP contribution in [0.4, 0.5) is 0 Å². The third-order valence-corrected chi connectivity index (χ3v) is 3.51. The van der Waals surface area contributed by atoms with Crippen molar-refractivity contribution in [3.8, 4) is 0 Å². The summed E-state index contributed by atoms with van der Waals surface area (Å²) in [5, 5.41) is 7.00. The second-order valence-electron chi connectivity index (χ2n) is 4.20. The van der Waals surface area contributed by atoms with Crippen LogP contribution in [0.5, 0.6) is 0 Å². The zero-order valence-corrected chi connectivity index (χ0v) is 15.4. The lowest BCUT2D eigenvalue weighted by Crippen LogP contribution is -2.43. The van der Waals surface area contributed by atoms with Crippen molar-refractivity contribution >= 4 is 52.9 Å². The first kappa shape index (κ1) is 18.7. The maximum Gasteiger partial charge on any atom is 0.191 e. The summed E-state index contributed by atoms with van der Waals surface area (Å²) in [6, 6.07) is 4.64. The van der Waals surface area contributed by atoms with E-state index >= 15 is 0 Å². The van der Waals surface area contributed by atoms with Gasteiger partial charge >= 0.3 is 0 Å². The molecule has 1 unspecified atom stereocenters. The first-order valence-electron chi connectivity index (χ1n) is 5.87. The average Bonchev–Trinajstić information content (AvgIpc) is 2.69. The van der Waals surface area contributed by atoms with E-state index in [1.54, 1.807) is 7.05 Å². The first-order chi connectivity index (χ1) is 8.51. The fourth-order valence-corrected chi connectivity index (χ4v) is 2.64. The fourth-order valence-electron chi connectivity index (χ4n) is 1.56. The summed E-state index contributed by atoms with van der Waals surface area (Å²) in [6.45, 7) is 8.41. The van der Waals surface area contributed by atoms with E-state index in [-0.39, 0.29) is 24.0 Å². The molecule has 0 aromatic carbocycles. The molecule has 0 bridgehead atoms. The monoisotopic (exact) mass is 413 g/mol. The maximum atomic E-state index is 5.71. The molecule has 108 valence electrons. The van der Waals surface area contributed by atoms with Gasteiger partial charge in [-0.3, -0.25) is 4.99 Å². The molecule has 1 aromatic rings. The molecule has 1 atom stereocenters. The summed E-state index contributed by atoms with van der Waals surface area (Å²) in [7, 11) is 1.74. The number of thiophene rings is 1. The summed E-state index contributed by atoms with van der Waals surface area (Å²) >= 11 is 7.54. The molecule has 19 heavy (non-hydrogen) atoms. The van der Waals surface area contributed by atoms with E-state index in [4.69, 9.17) is 11.6 Å². The molecule has 0 aliphatic heterocycles. The molecule has 0 saturated carbocycles. The van der Waals surface area contributed by atoms with E-state index in [2.05, 4.69) is 48.2 Å². The van der Waals surface area contributed by atoms with E-state index in [1.165, 1.54) is 9.75 Å². The van der Waals surface area contributed by atoms with Crippen molar-refractivity contribution in [1.29, 1.82) is 0 Å². The van der Waals surface area contributed by atoms with E-state index in [0.717, 1.165) is 12.4 Å². The summed E-state index contributed by atoms with van der Waals surface area (Å²) in [4.78, 5) is 6.87. The van der Waals surface area contributed by atoms with Crippen LogP contribution >= 0.6 is 46.9 Å². The van der Waals surface area contributed by atoms with Gasteiger partial charge in [-0.05, 0) is 26.0 Å². The van der Waals surface area contributed by atoms with Crippen molar-refractivity contribution in [3.05, 3.63) is 33.5 Å². The first-order valence-corrected chi connectivity index (χ1v) is 7.06. The Morgan fingerprint density at radius 1 is 1.53 bits per heavy atom. The second-order valence-corrected chi connectivity index (χ2v) is 6.11. The maximum absolute atomic E-state index is 5.71. The Balaban J connectivity index is 0.00000324. The third kappa shape index (κ3) is 7.79. The van der Waals surface area contributed by atoms with Crippen molar-refractivity contribution < 1.29 is 0 Å². The largest absolute Gasteiger partial charge is 0.354 e. The molecule has 0 spiro atoms. The van der Waals surface area contributed by atoms with Crippen LogP contribution in [0.2, 0.25) is 0 Å². The number of halogens is 2. The lowest BCUT2D eigenvalue weighted by atomic mass is 10.2. The van der Waals surface area contributed by atoms with Crippen LogP contribution in [0.25, 0.3) is 0 Å². The van der Waals surface area contributed by atoms with Gasteiger partial charge < -0.3 is 10.6 Å². The minimum atomic E-state index is 0. The van der Waals surface area contributed by atoms with Gasteiger partial charge in [-0.2, -0.15) is 0 Å². The van der Waals surface area contributed by atoms with Crippen LogP contribution < -0.4 is 10.6 Å². The standard InChI is InChI=1S/C13H20ClN3S.HI/c1-9(14)8-16-13(15-4)17-10(2)7-12-6-5-11(3)18-12;/h5-6,10H,1,7-8H2,2-4H3,(H2,15,16,17);1H. The van der Waals surface area contributed by atoms with Crippen LogP contribution in [0, 0.1) is 6.92 Å². The van der Waals surface area contributed by atoms with E-state index in [0.29, 0.717) is 17.6 Å². The van der Waals surface area contributed by atoms with Crippen molar-refractivity contribution in [2.75, 3.05) is 13.6 Å². The molecule has 0 aliphatic carbocycles. The summed E-state index contributed by atoms with van der Waals surface area (Å²) in [5.41, 5.74) is 0. The van der Waals surface area contributed by atoms with Gasteiger partial charge in [0.25, 0.3) is 0 Å². The minimum Gasteiger partial charge on any atom is -0.354 e. The Morgan fingerprint density at radius 2 is 2.21 bits per heavy atom. The Hall–Kier alpha value is -0.270. The Morgan fingerprint density at radius 3 is 2.68 bits per heavy atom. The number of aryl methyl sites for hydroxylation is 1. The highest BCUT2D eigenvalue weighted by molar-refractivity contribution is 14.0. The molecule has 2 N–H and O–H groups in total. The Bertz CT molecular complexity index is 431. The molecule has 0 radical (unpaired) electrons. The summed E-state index contributed by atoms with van der Waals surface area (Å²) in [6.07, 6.45) is 0.987. The number of nitrogens with zero attached hydrogens (tertiary/aromatic N) is 1. The van der Waals surface area contributed by atoms with E-state index < -0.39 is 0 Å². The zero-order chi connectivity index (χ0) is 13.5. The lowest BCUT2D eigenvalue weighted by Gasteiger charge is -2.17. The predicted octanol–water partition coefficient (Wildman–Crippen LogP) is 3.52. The number of hydrogen-bond donors (Lipinski definition) is 2. The number of aliphatic imine (C=N–C) groups is 1. The van der Waals surface area contributed by atoms with E-state index in [9.17, 15) is 0 Å². The normalized spacial score (nSPS) is 12.5.